The molecule has 118 valence electrons. The summed E-state index contributed by atoms with van der Waals surface area (Å²) in [5, 5.41) is 4.59. The van der Waals surface area contributed by atoms with Crippen LogP contribution in [0.4, 0.5) is 14.7 Å². The van der Waals surface area contributed by atoms with Gasteiger partial charge in [-0.2, -0.15) is 0 Å². The van der Waals surface area contributed by atoms with Crippen molar-refractivity contribution in [1.29, 1.82) is 0 Å². The van der Waals surface area contributed by atoms with Gasteiger partial charge in [-0.15, -0.1) is 20.1 Å². The minimum Gasteiger partial charge on any atom is -0.395 e. The largest absolute Gasteiger partial charge is 0.586 e. The number of halogens is 3. The van der Waals surface area contributed by atoms with E-state index < -0.39 is 12.2 Å². The van der Waals surface area contributed by atoms with Crippen LogP contribution in [0.3, 0.4) is 0 Å². The van der Waals surface area contributed by atoms with E-state index in [2.05, 4.69) is 24.8 Å². The van der Waals surface area contributed by atoms with Crippen molar-refractivity contribution in [3.8, 4) is 11.5 Å². The summed E-state index contributed by atoms with van der Waals surface area (Å²) in [6.45, 7) is 0. The number of benzene rings is 1. The van der Waals surface area contributed by atoms with Gasteiger partial charge in [0.2, 0.25) is 5.95 Å². The van der Waals surface area contributed by atoms with Crippen LogP contribution in [0.2, 0.25) is 5.02 Å². The quantitative estimate of drug-likeness (QED) is 0.730. The smallest absolute Gasteiger partial charge is 0.395 e. The highest BCUT2D eigenvalue weighted by molar-refractivity contribution is 7.12. The summed E-state index contributed by atoms with van der Waals surface area (Å²) in [7, 11) is 0. The number of nitrogens with one attached hydrogen (secondary N) is 2. The number of H-pyrrole nitrogens is 1. The maximum atomic E-state index is 13.0. The number of amides is 1. The predicted octanol–water partition coefficient (Wildman–Crippen LogP) is 3.85. The zero-order chi connectivity index (χ0) is 16.2. The van der Waals surface area contributed by atoms with Crippen molar-refractivity contribution in [3.05, 3.63) is 33.5 Å². The van der Waals surface area contributed by atoms with Crippen molar-refractivity contribution >= 4 is 45.8 Å². The first-order chi connectivity index (χ1) is 10.9. The molecule has 0 radical (unpaired) electrons. The Morgan fingerprint density at radius 2 is 2.09 bits per heavy atom. The summed E-state index contributed by atoms with van der Waals surface area (Å²) >= 11 is 7.08. The van der Waals surface area contributed by atoms with E-state index in [1.807, 2.05) is 0 Å². The number of aromatic nitrogens is 2. The SMILES string of the molecule is O=C(Nc1nc2cc3c(cc2[nH]1)OC(F)(F)O3)c1sccc1Cl. The van der Waals surface area contributed by atoms with Crippen LogP contribution in [0, 0.1) is 0 Å². The number of rotatable bonds is 2. The molecule has 6 nitrogen and oxygen atoms in total. The molecule has 1 aliphatic heterocycles. The van der Waals surface area contributed by atoms with E-state index in [4.69, 9.17) is 11.6 Å². The molecule has 1 aliphatic rings. The van der Waals surface area contributed by atoms with E-state index in [1.165, 1.54) is 23.5 Å². The molecule has 0 spiro atoms. The van der Waals surface area contributed by atoms with Crippen LogP contribution in [-0.2, 0) is 0 Å². The molecule has 0 atom stereocenters. The lowest BCUT2D eigenvalue weighted by molar-refractivity contribution is -0.286. The molecule has 2 aromatic heterocycles. The van der Waals surface area contributed by atoms with Crippen LogP contribution >= 0.6 is 22.9 Å². The number of ether oxygens (including phenoxy) is 2. The van der Waals surface area contributed by atoms with Crippen LogP contribution in [-0.4, -0.2) is 22.2 Å². The summed E-state index contributed by atoms with van der Waals surface area (Å²) < 4.78 is 34.7. The number of carbonyl (C=O) groups excluding carboxylic acids is 1. The Hall–Kier alpha value is -2.39. The van der Waals surface area contributed by atoms with E-state index in [9.17, 15) is 13.6 Å². The first kappa shape index (κ1) is 14.2. The number of alkyl halides is 2. The second kappa shape index (κ2) is 4.80. The highest BCUT2D eigenvalue weighted by Crippen LogP contribution is 2.42. The van der Waals surface area contributed by atoms with Crippen molar-refractivity contribution in [1.82, 2.24) is 9.97 Å². The van der Waals surface area contributed by atoms with Gasteiger partial charge in [0.1, 0.15) is 4.88 Å². The lowest BCUT2D eigenvalue weighted by atomic mass is 10.3. The third kappa shape index (κ3) is 2.47. The molecule has 0 saturated carbocycles. The summed E-state index contributed by atoms with van der Waals surface area (Å²) in [5.74, 6) is -0.487. The molecule has 0 unspecified atom stereocenters. The Labute approximate surface area is 136 Å². The maximum Gasteiger partial charge on any atom is 0.586 e. The first-order valence-corrected chi connectivity index (χ1v) is 7.51. The molecule has 0 bridgehead atoms. The zero-order valence-electron chi connectivity index (χ0n) is 11.0. The van der Waals surface area contributed by atoms with Gasteiger partial charge in [0, 0.05) is 12.1 Å². The van der Waals surface area contributed by atoms with Gasteiger partial charge in [-0.1, -0.05) is 11.6 Å². The molecule has 1 aromatic carbocycles. The second-order valence-electron chi connectivity index (χ2n) is 4.62. The molecular formula is C13H6ClF2N3O3S. The fraction of sp³-hybridized carbons (Fsp3) is 0.0769. The molecule has 0 saturated heterocycles. The highest BCUT2D eigenvalue weighted by atomic mass is 35.5. The highest BCUT2D eigenvalue weighted by Gasteiger charge is 2.43. The number of hydrogen-bond acceptors (Lipinski definition) is 5. The zero-order valence-corrected chi connectivity index (χ0v) is 12.6. The van der Waals surface area contributed by atoms with Crippen LogP contribution < -0.4 is 14.8 Å². The Morgan fingerprint density at radius 1 is 1.35 bits per heavy atom. The van der Waals surface area contributed by atoms with Crippen LogP contribution in [0.15, 0.2) is 23.6 Å². The molecule has 3 aromatic rings. The molecule has 1 amide bonds. The van der Waals surface area contributed by atoms with Gasteiger partial charge in [0.15, 0.2) is 11.5 Å². The first-order valence-electron chi connectivity index (χ1n) is 6.25. The van der Waals surface area contributed by atoms with Crippen molar-refractivity contribution in [2.24, 2.45) is 0 Å². The molecule has 23 heavy (non-hydrogen) atoms. The number of carbonyl (C=O) groups is 1. The van der Waals surface area contributed by atoms with Gasteiger partial charge in [-0.05, 0) is 11.4 Å². The molecule has 10 heteroatoms. The van der Waals surface area contributed by atoms with E-state index in [0.29, 0.717) is 20.9 Å². The molecule has 4 rings (SSSR count). The third-order valence-electron chi connectivity index (χ3n) is 3.06. The fourth-order valence-corrected chi connectivity index (χ4v) is 3.17. The van der Waals surface area contributed by atoms with E-state index in [0.717, 1.165) is 0 Å². The average Bonchev–Trinajstić information content (AvgIpc) is 3.10. The molecule has 3 heterocycles. The Morgan fingerprint density at radius 3 is 2.78 bits per heavy atom. The van der Waals surface area contributed by atoms with E-state index in [1.54, 1.807) is 11.4 Å². The van der Waals surface area contributed by atoms with Crippen molar-refractivity contribution in [3.63, 3.8) is 0 Å². The van der Waals surface area contributed by atoms with Gasteiger partial charge >= 0.3 is 6.29 Å². The van der Waals surface area contributed by atoms with Gasteiger partial charge in [-0.3, -0.25) is 10.1 Å². The monoisotopic (exact) mass is 357 g/mol. The van der Waals surface area contributed by atoms with Crippen LogP contribution in [0.5, 0.6) is 11.5 Å². The Kier molecular flexibility index (Phi) is 2.97. The molecule has 0 aliphatic carbocycles. The van der Waals surface area contributed by atoms with E-state index >= 15 is 0 Å². The topological polar surface area (TPSA) is 76.2 Å². The number of thiophene rings is 1. The minimum absolute atomic E-state index is 0.106. The number of fused-ring (bicyclic) bond motifs is 2. The van der Waals surface area contributed by atoms with Crippen molar-refractivity contribution < 1.29 is 23.0 Å². The van der Waals surface area contributed by atoms with Crippen LogP contribution in [0.25, 0.3) is 11.0 Å². The number of hydrogen-bond donors (Lipinski definition) is 2. The number of imidazole rings is 1. The number of anilines is 1. The standard InChI is InChI=1S/C13H6ClF2N3O3S/c14-5-1-2-23-10(5)11(20)19-12-17-6-3-8-9(4-7(6)18-12)22-13(15,16)21-8/h1-4H,(H2,17,18,19,20). The maximum absolute atomic E-state index is 13.0. The average molecular weight is 358 g/mol. The lowest BCUT2D eigenvalue weighted by Gasteiger charge is -2.04. The van der Waals surface area contributed by atoms with E-state index in [-0.39, 0.29) is 17.4 Å². The number of aromatic amines is 1. The van der Waals surface area contributed by atoms with Crippen LogP contribution in [0.1, 0.15) is 9.67 Å². The number of nitrogens with zero attached hydrogens (tertiary/aromatic N) is 1. The predicted molar refractivity (Wildman–Crippen MR) is 79.6 cm³/mol. The normalized spacial score (nSPS) is 15.1. The summed E-state index contributed by atoms with van der Waals surface area (Å²) in [6, 6.07) is 4.24. The molecular weight excluding hydrogens is 352 g/mol. The van der Waals surface area contributed by atoms with Crippen molar-refractivity contribution in [2.75, 3.05) is 5.32 Å². The lowest BCUT2D eigenvalue weighted by Crippen LogP contribution is -2.25. The van der Waals surface area contributed by atoms with Gasteiger partial charge < -0.3 is 14.5 Å². The summed E-state index contributed by atoms with van der Waals surface area (Å²) in [6.07, 6.45) is -3.69. The molecule has 2 N–H and O–H groups in total. The Balaban J connectivity index is 1.64. The van der Waals surface area contributed by atoms with Gasteiger partial charge in [0.25, 0.3) is 5.91 Å². The summed E-state index contributed by atoms with van der Waals surface area (Å²) in [4.78, 5) is 19.3. The minimum atomic E-state index is -3.69. The second-order valence-corrected chi connectivity index (χ2v) is 5.94. The van der Waals surface area contributed by atoms with Gasteiger partial charge in [-0.25, -0.2) is 4.98 Å². The van der Waals surface area contributed by atoms with Crippen molar-refractivity contribution in [2.45, 2.75) is 6.29 Å². The summed E-state index contributed by atoms with van der Waals surface area (Å²) in [5.41, 5.74) is 0.759. The third-order valence-corrected chi connectivity index (χ3v) is 4.40. The fourth-order valence-electron chi connectivity index (χ4n) is 2.13. The van der Waals surface area contributed by atoms with Gasteiger partial charge in [0.05, 0.1) is 16.1 Å². The molecule has 0 fully saturated rings. The Bertz CT molecular complexity index is 895.